The van der Waals surface area contributed by atoms with Crippen molar-refractivity contribution < 1.29 is 9.13 Å². The first-order valence-electron chi connectivity index (χ1n) is 3.75. The van der Waals surface area contributed by atoms with Crippen molar-refractivity contribution in [3.8, 4) is 5.75 Å². The second kappa shape index (κ2) is 4.36. The summed E-state index contributed by atoms with van der Waals surface area (Å²) in [6, 6.07) is 4.94. The second-order valence-corrected chi connectivity index (χ2v) is 3.05. The van der Waals surface area contributed by atoms with E-state index in [0.29, 0.717) is 12.4 Å². The lowest BCUT2D eigenvalue weighted by atomic mass is 10.3. The third-order valence-corrected chi connectivity index (χ3v) is 2.20. The van der Waals surface area contributed by atoms with Gasteiger partial charge in [0, 0.05) is 0 Å². The molecule has 0 aliphatic carbocycles. The van der Waals surface area contributed by atoms with E-state index in [2.05, 4.69) is 0 Å². The monoisotopic (exact) mass is 186 g/mol. The van der Waals surface area contributed by atoms with Crippen molar-refractivity contribution in [3.05, 3.63) is 24.0 Å². The summed E-state index contributed by atoms with van der Waals surface area (Å²) in [5, 5.41) is 0. The summed E-state index contributed by atoms with van der Waals surface area (Å²) in [5.41, 5.74) is 0. The standard InChI is InChI=1S/C9H11FOS/c1-3-11-9-7(10)5-4-6-8(9)12-2/h4-6H,3H2,1-2H3. The summed E-state index contributed by atoms with van der Waals surface area (Å²) in [6.07, 6.45) is 1.90. The maximum Gasteiger partial charge on any atom is 0.168 e. The number of rotatable bonds is 3. The maximum absolute atomic E-state index is 13.1. The third kappa shape index (κ3) is 1.91. The molecule has 3 heteroatoms. The zero-order valence-corrected chi connectivity index (χ0v) is 7.95. The summed E-state index contributed by atoms with van der Waals surface area (Å²) >= 11 is 1.48. The van der Waals surface area contributed by atoms with Crippen molar-refractivity contribution in [1.29, 1.82) is 0 Å². The molecule has 0 aliphatic rings. The fourth-order valence-corrected chi connectivity index (χ4v) is 1.49. The molecular formula is C9H11FOS. The van der Waals surface area contributed by atoms with Crippen LogP contribution in [0.4, 0.5) is 4.39 Å². The minimum atomic E-state index is -0.288. The molecule has 0 saturated carbocycles. The Morgan fingerprint density at radius 3 is 2.83 bits per heavy atom. The fraction of sp³-hybridized carbons (Fsp3) is 0.333. The van der Waals surface area contributed by atoms with Gasteiger partial charge in [-0.3, -0.25) is 0 Å². The predicted molar refractivity (Wildman–Crippen MR) is 49.4 cm³/mol. The first-order chi connectivity index (χ1) is 5.79. The van der Waals surface area contributed by atoms with Crippen molar-refractivity contribution in [3.63, 3.8) is 0 Å². The zero-order chi connectivity index (χ0) is 8.97. The number of benzene rings is 1. The van der Waals surface area contributed by atoms with Gasteiger partial charge >= 0.3 is 0 Å². The van der Waals surface area contributed by atoms with E-state index < -0.39 is 0 Å². The molecule has 0 amide bonds. The van der Waals surface area contributed by atoms with Gasteiger partial charge in [0.05, 0.1) is 11.5 Å². The first kappa shape index (κ1) is 9.39. The van der Waals surface area contributed by atoms with Crippen molar-refractivity contribution >= 4 is 11.8 Å². The Morgan fingerprint density at radius 1 is 1.50 bits per heavy atom. The van der Waals surface area contributed by atoms with Gasteiger partial charge in [0.2, 0.25) is 0 Å². The highest BCUT2D eigenvalue weighted by molar-refractivity contribution is 7.98. The molecule has 1 rings (SSSR count). The molecule has 0 unspecified atom stereocenters. The molecule has 0 bridgehead atoms. The van der Waals surface area contributed by atoms with E-state index in [9.17, 15) is 4.39 Å². The lowest BCUT2D eigenvalue weighted by Gasteiger charge is -2.08. The van der Waals surface area contributed by atoms with E-state index in [-0.39, 0.29) is 5.82 Å². The van der Waals surface area contributed by atoms with Gasteiger partial charge in [-0.05, 0) is 25.3 Å². The van der Waals surface area contributed by atoms with Gasteiger partial charge in [-0.1, -0.05) is 6.07 Å². The van der Waals surface area contributed by atoms with Gasteiger partial charge in [0.15, 0.2) is 11.6 Å². The Kier molecular flexibility index (Phi) is 3.41. The second-order valence-electron chi connectivity index (χ2n) is 2.20. The van der Waals surface area contributed by atoms with E-state index in [1.807, 2.05) is 19.2 Å². The van der Waals surface area contributed by atoms with Crippen LogP contribution in [0.25, 0.3) is 0 Å². The number of para-hydroxylation sites is 1. The molecule has 1 nitrogen and oxygen atoms in total. The number of ether oxygens (including phenoxy) is 1. The molecule has 0 radical (unpaired) electrons. The van der Waals surface area contributed by atoms with Crippen LogP contribution in [0.2, 0.25) is 0 Å². The van der Waals surface area contributed by atoms with E-state index in [1.165, 1.54) is 17.8 Å². The van der Waals surface area contributed by atoms with E-state index >= 15 is 0 Å². The molecule has 0 N–H and O–H groups in total. The number of halogens is 1. The van der Waals surface area contributed by atoms with Crippen molar-refractivity contribution in [2.45, 2.75) is 11.8 Å². The maximum atomic E-state index is 13.1. The zero-order valence-electron chi connectivity index (χ0n) is 7.13. The number of hydrogen-bond donors (Lipinski definition) is 0. The van der Waals surface area contributed by atoms with Crippen LogP contribution >= 0.6 is 11.8 Å². The van der Waals surface area contributed by atoms with E-state index in [4.69, 9.17) is 4.74 Å². The third-order valence-electron chi connectivity index (χ3n) is 1.44. The highest BCUT2D eigenvalue weighted by atomic mass is 32.2. The van der Waals surface area contributed by atoms with Crippen LogP contribution in [0, 0.1) is 5.82 Å². The predicted octanol–water partition coefficient (Wildman–Crippen LogP) is 2.95. The summed E-state index contributed by atoms with van der Waals surface area (Å²) < 4.78 is 18.2. The van der Waals surface area contributed by atoms with E-state index in [1.54, 1.807) is 6.07 Å². The van der Waals surface area contributed by atoms with Gasteiger partial charge in [-0.25, -0.2) is 4.39 Å². The minimum Gasteiger partial charge on any atom is -0.490 e. The lowest BCUT2D eigenvalue weighted by molar-refractivity contribution is 0.313. The van der Waals surface area contributed by atoms with Gasteiger partial charge in [-0.15, -0.1) is 11.8 Å². The van der Waals surface area contributed by atoms with Crippen molar-refractivity contribution in [1.82, 2.24) is 0 Å². The molecule has 66 valence electrons. The molecule has 0 atom stereocenters. The van der Waals surface area contributed by atoms with Crippen LogP contribution in [0.5, 0.6) is 5.75 Å². The summed E-state index contributed by atoms with van der Waals surface area (Å²) in [5.74, 6) is 0.0798. The molecule has 0 fully saturated rings. The number of hydrogen-bond acceptors (Lipinski definition) is 2. The van der Waals surface area contributed by atoms with Crippen LogP contribution in [-0.4, -0.2) is 12.9 Å². The van der Waals surface area contributed by atoms with Gasteiger partial charge in [-0.2, -0.15) is 0 Å². The topological polar surface area (TPSA) is 9.23 Å². The molecule has 1 aromatic rings. The van der Waals surface area contributed by atoms with Crippen molar-refractivity contribution in [2.24, 2.45) is 0 Å². The molecule has 0 aromatic heterocycles. The van der Waals surface area contributed by atoms with Crippen LogP contribution in [-0.2, 0) is 0 Å². The van der Waals surface area contributed by atoms with Gasteiger partial charge in [0.1, 0.15) is 0 Å². The smallest absolute Gasteiger partial charge is 0.168 e. The summed E-state index contributed by atoms with van der Waals surface area (Å²) in [6.45, 7) is 2.34. The minimum absolute atomic E-state index is 0.288. The average molecular weight is 186 g/mol. The van der Waals surface area contributed by atoms with Crippen LogP contribution in [0.15, 0.2) is 23.1 Å². The normalized spacial score (nSPS) is 9.92. The highest BCUT2D eigenvalue weighted by Gasteiger charge is 2.07. The van der Waals surface area contributed by atoms with Crippen molar-refractivity contribution in [2.75, 3.05) is 12.9 Å². The largest absolute Gasteiger partial charge is 0.490 e. The summed E-state index contributed by atoms with van der Waals surface area (Å²) in [4.78, 5) is 0.844. The molecule has 0 spiro atoms. The molecule has 12 heavy (non-hydrogen) atoms. The van der Waals surface area contributed by atoms with Crippen LogP contribution < -0.4 is 4.74 Å². The van der Waals surface area contributed by atoms with Gasteiger partial charge < -0.3 is 4.74 Å². The Hall–Kier alpha value is -0.700. The average Bonchev–Trinajstić information content (AvgIpc) is 2.09. The summed E-state index contributed by atoms with van der Waals surface area (Å²) in [7, 11) is 0. The SMILES string of the molecule is CCOc1c(F)cccc1SC. The first-order valence-corrected chi connectivity index (χ1v) is 4.97. The molecular weight excluding hydrogens is 175 g/mol. The van der Waals surface area contributed by atoms with Crippen LogP contribution in [0.3, 0.4) is 0 Å². The Balaban J connectivity index is 3.02. The Bertz CT molecular complexity index is 263. The highest BCUT2D eigenvalue weighted by Crippen LogP contribution is 2.29. The lowest BCUT2D eigenvalue weighted by Crippen LogP contribution is -1.95. The Morgan fingerprint density at radius 2 is 2.25 bits per heavy atom. The Labute approximate surface area is 75.9 Å². The molecule has 1 aromatic carbocycles. The molecule has 0 heterocycles. The number of thioether (sulfide) groups is 1. The molecule has 0 saturated heterocycles. The quantitative estimate of drug-likeness (QED) is 0.671. The van der Waals surface area contributed by atoms with Gasteiger partial charge in [0.25, 0.3) is 0 Å². The van der Waals surface area contributed by atoms with Crippen LogP contribution in [0.1, 0.15) is 6.92 Å². The van der Waals surface area contributed by atoms with E-state index in [0.717, 1.165) is 4.90 Å². The molecule has 0 aliphatic heterocycles. The fourth-order valence-electron chi connectivity index (χ4n) is 0.934.